The molecule has 1 amide bonds. The van der Waals surface area contributed by atoms with Crippen molar-refractivity contribution >= 4 is 52.4 Å². The summed E-state index contributed by atoms with van der Waals surface area (Å²) in [6, 6.07) is 5.38. The number of nitrogens with one attached hydrogen (secondary N) is 1. The Morgan fingerprint density at radius 2 is 1.72 bits per heavy atom. The standard InChI is InChI=1S/C16H10Cl3F2NO3/c1-7(15(23)22-12-5-2-8(20)6-11(12)21)25-16(24)13-9(17)3-4-10(18)14(13)19/h2-7H,1H3,(H,22,23)/t7-/m0/s1. The number of amides is 1. The minimum atomic E-state index is -1.30. The predicted octanol–water partition coefficient (Wildman–Crippen LogP) is 5.11. The fourth-order valence-electron chi connectivity index (χ4n) is 1.81. The highest BCUT2D eigenvalue weighted by Gasteiger charge is 2.24. The minimum Gasteiger partial charge on any atom is -0.449 e. The highest BCUT2D eigenvalue weighted by Crippen LogP contribution is 2.32. The maximum absolute atomic E-state index is 13.5. The largest absolute Gasteiger partial charge is 0.449 e. The van der Waals surface area contributed by atoms with Gasteiger partial charge >= 0.3 is 5.97 Å². The smallest absolute Gasteiger partial charge is 0.342 e. The van der Waals surface area contributed by atoms with Gasteiger partial charge in [0.15, 0.2) is 6.10 Å². The van der Waals surface area contributed by atoms with Crippen molar-refractivity contribution in [3.05, 3.63) is 62.6 Å². The number of ether oxygens (including phenoxy) is 1. The highest BCUT2D eigenvalue weighted by molar-refractivity contribution is 6.46. The summed E-state index contributed by atoms with van der Waals surface area (Å²) >= 11 is 17.6. The first kappa shape index (κ1) is 19.4. The topological polar surface area (TPSA) is 55.4 Å². The fraction of sp³-hybridized carbons (Fsp3) is 0.125. The van der Waals surface area contributed by atoms with Gasteiger partial charge in [0.2, 0.25) is 0 Å². The molecule has 0 aliphatic rings. The second-order valence-electron chi connectivity index (χ2n) is 4.88. The summed E-state index contributed by atoms with van der Waals surface area (Å²) in [4.78, 5) is 24.2. The molecule has 0 bridgehead atoms. The van der Waals surface area contributed by atoms with Gasteiger partial charge in [0, 0.05) is 6.07 Å². The van der Waals surface area contributed by atoms with Crippen molar-refractivity contribution in [3.63, 3.8) is 0 Å². The molecule has 1 N–H and O–H groups in total. The van der Waals surface area contributed by atoms with Crippen molar-refractivity contribution in [1.82, 2.24) is 0 Å². The number of hydrogen-bond acceptors (Lipinski definition) is 3. The molecule has 1 atom stereocenters. The van der Waals surface area contributed by atoms with E-state index in [1.807, 2.05) is 0 Å². The molecule has 0 aromatic heterocycles. The van der Waals surface area contributed by atoms with E-state index in [2.05, 4.69) is 5.32 Å². The highest BCUT2D eigenvalue weighted by atomic mass is 35.5. The summed E-state index contributed by atoms with van der Waals surface area (Å²) in [5, 5.41) is 2.15. The van der Waals surface area contributed by atoms with Crippen LogP contribution in [0, 0.1) is 11.6 Å². The molecular formula is C16H10Cl3F2NO3. The summed E-state index contributed by atoms with van der Waals surface area (Å²) < 4.78 is 31.4. The molecule has 0 saturated carbocycles. The lowest BCUT2D eigenvalue weighted by Crippen LogP contribution is -2.30. The Morgan fingerprint density at radius 3 is 2.36 bits per heavy atom. The van der Waals surface area contributed by atoms with Crippen LogP contribution < -0.4 is 5.32 Å². The second kappa shape index (κ2) is 7.99. The Kier molecular flexibility index (Phi) is 6.21. The van der Waals surface area contributed by atoms with Crippen molar-refractivity contribution in [2.75, 3.05) is 5.32 Å². The summed E-state index contributed by atoms with van der Waals surface area (Å²) in [6.07, 6.45) is -1.30. The lowest BCUT2D eigenvalue weighted by atomic mass is 10.2. The van der Waals surface area contributed by atoms with Crippen molar-refractivity contribution in [2.24, 2.45) is 0 Å². The van der Waals surface area contributed by atoms with E-state index in [1.165, 1.54) is 19.1 Å². The van der Waals surface area contributed by atoms with Crippen LogP contribution in [0.15, 0.2) is 30.3 Å². The molecule has 9 heteroatoms. The summed E-state index contributed by atoms with van der Waals surface area (Å²) in [5.74, 6) is -3.55. The monoisotopic (exact) mass is 407 g/mol. The van der Waals surface area contributed by atoms with Gasteiger partial charge in [-0.05, 0) is 31.2 Å². The van der Waals surface area contributed by atoms with Crippen molar-refractivity contribution in [3.8, 4) is 0 Å². The molecule has 0 spiro atoms. The van der Waals surface area contributed by atoms with E-state index in [9.17, 15) is 18.4 Å². The van der Waals surface area contributed by atoms with E-state index in [0.29, 0.717) is 6.07 Å². The van der Waals surface area contributed by atoms with Crippen LogP contribution in [-0.4, -0.2) is 18.0 Å². The summed E-state index contributed by atoms with van der Waals surface area (Å²) in [6.45, 7) is 1.26. The predicted molar refractivity (Wildman–Crippen MR) is 91.3 cm³/mol. The number of rotatable bonds is 4. The van der Waals surface area contributed by atoms with Crippen LogP contribution in [-0.2, 0) is 9.53 Å². The van der Waals surface area contributed by atoms with Gasteiger partial charge in [-0.15, -0.1) is 0 Å². The van der Waals surface area contributed by atoms with Crippen LogP contribution >= 0.6 is 34.8 Å². The summed E-state index contributed by atoms with van der Waals surface area (Å²) in [5.41, 5.74) is -0.448. The first-order valence-corrected chi connectivity index (χ1v) is 7.94. The second-order valence-corrected chi connectivity index (χ2v) is 6.07. The molecule has 0 heterocycles. The van der Waals surface area contributed by atoms with Crippen LogP contribution in [0.25, 0.3) is 0 Å². The third kappa shape index (κ3) is 4.60. The minimum absolute atomic E-state index is 0.00316. The van der Waals surface area contributed by atoms with Crippen molar-refractivity contribution < 1.29 is 23.1 Å². The maximum Gasteiger partial charge on any atom is 0.342 e. The lowest BCUT2D eigenvalue weighted by molar-refractivity contribution is -0.123. The van der Waals surface area contributed by atoms with Crippen LogP contribution in [0.1, 0.15) is 17.3 Å². The fourth-order valence-corrected chi connectivity index (χ4v) is 2.49. The number of esters is 1. The number of carbonyl (C=O) groups is 2. The van der Waals surface area contributed by atoms with Gasteiger partial charge in [-0.25, -0.2) is 13.6 Å². The molecule has 0 fully saturated rings. The first-order chi connectivity index (χ1) is 11.7. The third-order valence-electron chi connectivity index (χ3n) is 3.09. The van der Waals surface area contributed by atoms with Crippen molar-refractivity contribution in [1.29, 1.82) is 0 Å². The first-order valence-electron chi connectivity index (χ1n) is 6.81. The normalized spacial score (nSPS) is 11.8. The van der Waals surface area contributed by atoms with Gasteiger partial charge in [0.25, 0.3) is 5.91 Å². The van der Waals surface area contributed by atoms with Gasteiger partial charge < -0.3 is 10.1 Å². The third-order valence-corrected chi connectivity index (χ3v) is 4.21. The molecule has 0 aliphatic carbocycles. The zero-order chi connectivity index (χ0) is 18.7. The number of benzene rings is 2. The molecule has 4 nitrogen and oxygen atoms in total. The Labute approximate surface area is 156 Å². The Morgan fingerprint density at radius 1 is 1.08 bits per heavy atom. The van der Waals surface area contributed by atoms with Crippen LogP contribution in [0.3, 0.4) is 0 Å². The van der Waals surface area contributed by atoms with E-state index >= 15 is 0 Å². The molecule has 132 valence electrons. The zero-order valence-electron chi connectivity index (χ0n) is 12.6. The SMILES string of the molecule is C[C@H](OC(=O)c1c(Cl)ccc(Cl)c1Cl)C(=O)Nc1ccc(F)cc1F. The molecule has 0 radical (unpaired) electrons. The van der Waals surface area contributed by atoms with E-state index in [1.54, 1.807) is 0 Å². The Bertz CT molecular complexity index is 846. The lowest BCUT2D eigenvalue weighted by Gasteiger charge is -2.15. The van der Waals surface area contributed by atoms with Gasteiger partial charge in [0.05, 0.1) is 26.3 Å². The maximum atomic E-state index is 13.5. The zero-order valence-corrected chi connectivity index (χ0v) is 14.8. The van der Waals surface area contributed by atoms with E-state index in [-0.39, 0.29) is 26.3 Å². The van der Waals surface area contributed by atoms with E-state index < -0.39 is 29.6 Å². The van der Waals surface area contributed by atoms with Crippen LogP contribution in [0.2, 0.25) is 15.1 Å². The van der Waals surface area contributed by atoms with Crippen molar-refractivity contribution in [2.45, 2.75) is 13.0 Å². The molecular weight excluding hydrogens is 399 g/mol. The molecule has 25 heavy (non-hydrogen) atoms. The Balaban J connectivity index is 2.11. The van der Waals surface area contributed by atoms with E-state index in [0.717, 1.165) is 12.1 Å². The molecule has 2 rings (SSSR count). The average Bonchev–Trinajstić information content (AvgIpc) is 2.53. The summed E-state index contributed by atoms with van der Waals surface area (Å²) in [7, 11) is 0. The molecule has 2 aromatic carbocycles. The number of anilines is 1. The molecule has 0 unspecified atom stereocenters. The van der Waals surface area contributed by atoms with Gasteiger partial charge in [-0.1, -0.05) is 34.8 Å². The molecule has 0 aliphatic heterocycles. The quantitative estimate of drug-likeness (QED) is 0.565. The number of halogens is 5. The van der Waals surface area contributed by atoms with Gasteiger partial charge in [0.1, 0.15) is 11.6 Å². The number of hydrogen-bond donors (Lipinski definition) is 1. The number of carbonyl (C=O) groups excluding carboxylic acids is 2. The van der Waals surface area contributed by atoms with Gasteiger partial charge in [-0.3, -0.25) is 4.79 Å². The van der Waals surface area contributed by atoms with Crippen LogP contribution in [0.5, 0.6) is 0 Å². The average molecular weight is 409 g/mol. The molecule has 0 saturated heterocycles. The molecule has 2 aromatic rings. The van der Waals surface area contributed by atoms with E-state index in [4.69, 9.17) is 39.5 Å². The Hall–Kier alpha value is -1.89. The van der Waals surface area contributed by atoms with Crippen LogP contribution in [0.4, 0.5) is 14.5 Å². The van der Waals surface area contributed by atoms with Gasteiger partial charge in [-0.2, -0.15) is 0 Å².